The van der Waals surface area contributed by atoms with Crippen LogP contribution in [0.4, 0.5) is 0 Å². The van der Waals surface area contributed by atoms with Crippen LogP contribution in [0.15, 0.2) is 40.6 Å². The number of hydrogen-bond donors (Lipinski definition) is 1. The maximum absolute atomic E-state index is 12.9. The Morgan fingerprint density at radius 3 is 2.29 bits per heavy atom. The second kappa shape index (κ2) is 6.31. The van der Waals surface area contributed by atoms with Crippen LogP contribution >= 0.6 is 11.3 Å². The third-order valence-electron chi connectivity index (χ3n) is 4.58. The molecule has 126 valence electrons. The molecule has 3 aromatic rings. The smallest absolute Gasteiger partial charge is 0.207 e. The number of aryl methyl sites for hydroxylation is 2. The van der Waals surface area contributed by atoms with E-state index in [9.17, 15) is 8.42 Å². The molecule has 0 aliphatic carbocycles. The highest BCUT2D eigenvalue weighted by molar-refractivity contribution is 7.89. The molecule has 0 amide bonds. The Labute approximate surface area is 147 Å². The number of benzene rings is 2. The van der Waals surface area contributed by atoms with Gasteiger partial charge in [0.15, 0.2) is 0 Å². The minimum Gasteiger partial charge on any atom is -0.207 e. The molecule has 1 N–H and O–H groups in total. The van der Waals surface area contributed by atoms with Crippen molar-refractivity contribution in [2.75, 3.05) is 0 Å². The molecule has 1 heterocycles. The van der Waals surface area contributed by atoms with Gasteiger partial charge in [0.25, 0.3) is 0 Å². The lowest BCUT2D eigenvalue weighted by Crippen LogP contribution is -2.25. The maximum atomic E-state index is 12.9. The summed E-state index contributed by atoms with van der Waals surface area (Å²) in [5.74, 6) is 0. The zero-order valence-electron chi connectivity index (χ0n) is 14.3. The van der Waals surface area contributed by atoms with E-state index in [2.05, 4.69) is 10.8 Å². The van der Waals surface area contributed by atoms with E-state index in [0.717, 1.165) is 33.2 Å². The fraction of sp³-hybridized carbons (Fsp3) is 0.263. The van der Waals surface area contributed by atoms with E-state index >= 15 is 0 Å². The quantitative estimate of drug-likeness (QED) is 0.739. The normalized spacial score (nSPS) is 12.0. The Morgan fingerprint density at radius 2 is 1.62 bits per heavy atom. The van der Waals surface area contributed by atoms with Crippen LogP contribution in [0.25, 0.3) is 10.1 Å². The van der Waals surface area contributed by atoms with Crippen LogP contribution in [0, 0.1) is 27.7 Å². The molecule has 0 aliphatic rings. The molecule has 3 nitrogen and oxygen atoms in total. The summed E-state index contributed by atoms with van der Waals surface area (Å²) < 4.78 is 29.8. The minimum atomic E-state index is -3.56. The van der Waals surface area contributed by atoms with Crippen molar-refractivity contribution >= 4 is 31.4 Å². The second-order valence-corrected chi connectivity index (χ2v) is 8.79. The summed E-state index contributed by atoms with van der Waals surface area (Å²) in [5.41, 5.74) is 4.65. The van der Waals surface area contributed by atoms with E-state index in [-0.39, 0.29) is 0 Å². The van der Waals surface area contributed by atoms with Crippen LogP contribution in [0.1, 0.15) is 27.8 Å². The van der Waals surface area contributed by atoms with Crippen LogP contribution in [0.2, 0.25) is 0 Å². The van der Waals surface area contributed by atoms with Gasteiger partial charge >= 0.3 is 0 Å². The van der Waals surface area contributed by atoms with Gasteiger partial charge in [0.2, 0.25) is 10.0 Å². The third-order valence-corrected chi connectivity index (χ3v) is 7.27. The molecular formula is C19H21NO2S2. The van der Waals surface area contributed by atoms with Crippen LogP contribution in [-0.4, -0.2) is 8.42 Å². The number of thiophene rings is 1. The molecule has 1 aromatic heterocycles. The van der Waals surface area contributed by atoms with E-state index in [1.54, 1.807) is 11.3 Å². The number of nitrogens with one attached hydrogen (secondary N) is 1. The molecule has 2 aromatic carbocycles. The molecule has 0 spiro atoms. The van der Waals surface area contributed by atoms with Gasteiger partial charge in [-0.2, -0.15) is 0 Å². The van der Waals surface area contributed by atoms with E-state index in [4.69, 9.17) is 0 Å². The van der Waals surface area contributed by atoms with Crippen molar-refractivity contribution in [1.29, 1.82) is 0 Å². The Morgan fingerprint density at radius 1 is 1.00 bits per heavy atom. The largest absolute Gasteiger partial charge is 0.241 e. The summed E-state index contributed by atoms with van der Waals surface area (Å²) in [6.45, 7) is 7.95. The topological polar surface area (TPSA) is 46.2 Å². The van der Waals surface area contributed by atoms with Gasteiger partial charge in [-0.25, -0.2) is 13.1 Å². The second-order valence-electron chi connectivity index (χ2n) is 6.17. The standard InChI is InChI=1S/C19H21NO2S2/c1-12-9-13(2)15(4)19(14(12)3)24(21,22)20-10-16-11-23-18-8-6-5-7-17(16)18/h5-9,11,20H,10H2,1-4H3. The van der Waals surface area contributed by atoms with Crippen molar-refractivity contribution in [3.05, 3.63) is 63.5 Å². The Balaban J connectivity index is 1.96. The van der Waals surface area contributed by atoms with Gasteiger partial charge in [0.05, 0.1) is 4.90 Å². The number of rotatable bonds is 4. The van der Waals surface area contributed by atoms with Gasteiger partial charge in [0, 0.05) is 11.2 Å². The summed E-state index contributed by atoms with van der Waals surface area (Å²) in [4.78, 5) is 0.416. The molecule has 0 unspecified atom stereocenters. The molecule has 0 bridgehead atoms. The van der Waals surface area contributed by atoms with E-state index in [0.29, 0.717) is 11.4 Å². The zero-order valence-corrected chi connectivity index (χ0v) is 15.9. The number of hydrogen-bond acceptors (Lipinski definition) is 3. The van der Waals surface area contributed by atoms with Gasteiger partial charge in [-0.3, -0.25) is 0 Å². The van der Waals surface area contributed by atoms with Gasteiger partial charge < -0.3 is 0 Å². The predicted octanol–water partition coefficient (Wildman–Crippen LogP) is 4.61. The lowest BCUT2D eigenvalue weighted by atomic mass is 10.0. The Kier molecular flexibility index (Phi) is 4.51. The predicted molar refractivity (Wildman–Crippen MR) is 101 cm³/mol. The average molecular weight is 360 g/mol. The molecule has 3 rings (SSSR count). The first-order valence-corrected chi connectivity index (χ1v) is 10.2. The van der Waals surface area contributed by atoms with Crippen molar-refractivity contribution in [3.63, 3.8) is 0 Å². The Hall–Kier alpha value is -1.69. The molecule has 0 saturated heterocycles. The summed E-state index contributed by atoms with van der Waals surface area (Å²) >= 11 is 1.64. The highest BCUT2D eigenvalue weighted by atomic mass is 32.2. The van der Waals surface area contributed by atoms with E-state index < -0.39 is 10.0 Å². The zero-order chi connectivity index (χ0) is 17.5. The monoisotopic (exact) mass is 359 g/mol. The fourth-order valence-corrected chi connectivity index (χ4v) is 5.58. The first-order chi connectivity index (χ1) is 11.3. The first-order valence-electron chi connectivity index (χ1n) is 7.83. The molecule has 0 fully saturated rings. The maximum Gasteiger partial charge on any atom is 0.241 e. The average Bonchev–Trinajstić information content (AvgIpc) is 2.94. The van der Waals surface area contributed by atoms with E-state index in [1.165, 1.54) is 4.70 Å². The van der Waals surface area contributed by atoms with Crippen LogP contribution in [-0.2, 0) is 16.6 Å². The fourth-order valence-electron chi connectivity index (χ4n) is 3.00. The van der Waals surface area contributed by atoms with Gasteiger partial charge in [-0.05, 0) is 72.3 Å². The summed E-state index contributed by atoms with van der Waals surface area (Å²) in [6.07, 6.45) is 0. The van der Waals surface area contributed by atoms with Gasteiger partial charge in [-0.1, -0.05) is 24.3 Å². The highest BCUT2D eigenvalue weighted by Gasteiger charge is 2.22. The number of fused-ring (bicyclic) bond motifs is 1. The molecule has 0 atom stereocenters. The summed E-state index contributed by atoms with van der Waals surface area (Å²) in [7, 11) is -3.56. The van der Waals surface area contributed by atoms with Crippen molar-refractivity contribution in [2.45, 2.75) is 39.1 Å². The Bertz CT molecular complexity index is 991. The highest BCUT2D eigenvalue weighted by Crippen LogP contribution is 2.28. The minimum absolute atomic E-state index is 0.304. The van der Waals surface area contributed by atoms with Gasteiger partial charge in [-0.15, -0.1) is 11.3 Å². The molecule has 0 saturated carbocycles. The lowest BCUT2D eigenvalue weighted by Gasteiger charge is -2.16. The van der Waals surface area contributed by atoms with Gasteiger partial charge in [0.1, 0.15) is 0 Å². The van der Waals surface area contributed by atoms with Crippen LogP contribution in [0.3, 0.4) is 0 Å². The van der Waals surface area contributed by atoms with Crippen molar-refractivity contribution in [1.82, 2.24) is 4.72 Å². The third kappa shape index (κ3) is 2.99. The van der Waals surface area contributed by atoms with Crippen molar-refractivity contribution < 1.29 is 8.42 Å². The number of sulfonamides is 1. The first kappa shape index (κ1) is 17.1. The van der Waals surface area contributed by atoms with Crippen molar-refractivity contribution in [2.24, 2.45) is 0 Å². The van der Waals surface area contributed by atoms with Crippen LogP contribution in [0.5, 0.6) is 0 Å². The van der Waals surface area contributed by atoms with E-state index in [1.807, 2.05) is 57.3 Å². The molecule has 0 aliphatic heterocycles. The van der Waals surface area contributed by atoms with Crippen LogP contribution < -0.4 is 4.72 Å². The summed E-state index contributed by atoms with van der Waals surface area (Å²) in [5, 5.41) is 3.13. The molecule has 24 heavy (non-hydrogen) atoms. The molecule has 5 heteroatoms. The molecular weight excluding hydrogens is 338 g/mol. The summed E-state index contributed by atoms with van der Waals surface area (Å²) in [6, 6.07) is 10.1. The SMILES string of the molecule is Cc1cc(C)c(C)c(S(=O)(=O)NCc2csc3ccccc23)c1C. The van der Waals surface area contributed by atoms with Crippen molar-refractivity contribution in [3.8, 4) is 0 Å². The molecule has 0 radical (unpaired) electrons. The lowest BCUT2D eigenvalue weighted by molar-refractivity contribution is 0.580.